The van der Waals surface area contributed by atoms with Crippen LogP contribution in [0.1, 0.15) is 105 Å². The van der Waals surface area contributed by atoms with Gasteiger partial charge in [0.1, 0.15) is 5.78 Å². The molecule has 0 radical (unpaired) electrons. The zero-order valence-electron chi connectivity index (χ0n) is 16.6. The number of carbonyl (C=O) groups excluding carboxylic acids is 2. The highest BCUT2D eigenvalue weighted by atomic mass is 16.5. The Morgan fingerprint density at radius 1 is 0.875 bits per heavy atom. The summed E-state index contributed by atoms with van der Waals surface area (Å²) in [5, 5.41) is 0. The van der Waals surface area contributed by atoms with Gasteiger partial charge in [0, 0.05) is 12.8 Å². The molecule has 0 N–H and O–H groups in total. The summed E-state index contributed by atoms with van der Waals surface area (Å²) in [6, 6.07) is 0. The smallest absolute Gasteiger partial charge is 0.306 e. The summed E-state index contributed by atoms with van der Waals surface area (Å²) in [6.45, 7) is 8.69. The van der Waals surface area contributed by atoms with Gasteiger partial charge in [0.05, 0.1) is 6.61 Å². The van der Waals surface area contributed by atoms with Gasteiger partial charge in [-0.1, -0.05) is 65.7 Å². The van der Waals surface area contributed by atoms with Gasteiger partial charge in [0.2, 0.25) is 0 Å². The molecule has 0 fully saturated rings. The maximum absolute atomic E-state index is 11.8. The lowest BCUT2D eigenvalue weighted by Gasteiger charge is -2.14. The van der Waals surface area contributed by atoms with Crippen LogP contribution < -0.4 is 0 Å². The van der Waals surface area contributed by atoms with E-state index in [-0.39, 0.29) is 5.97 Å². The molecule has 0 heterocycles. The number of rotatable bonds is 16. The van der Waals surface area contributed by atoms with Gasteiger partial charge >= 0.3 is 5.97 Å². The number of ketones is 1. The average molecular weight is 341 g/mol. The maximum Gasteiger partial charge on any atom is 0.306 e. The van der Waals surface area contributed by atoms with Crippen LogP contribution in [0.3, 0.4) is 0 Å². The predicted octanol–water partition coefficient (Wildman–Crippen LogP) is 6.09. The van der Waals surface area contributed by atoms with Crippen LogP contribution in [-0.2, 0) is 14.3 Å². The second-order valence-corrected chi connectivity index (χ2v) is 7.60. The van der Waals surface area contributed by atoms with Crippen LogP contribution in [0, 0.1) is 11.8 Å². The molecule has 3 heteroatoms. The van der Waals surface area contributed by atoms with Crippen molar-refractivity contribution in [3.05, 3.63) is 0 Å². The first-order chi connectivity index (χ1) is 11.5. The standard InChI is InChI=1S/C21H40O3/c1-5-20(17-21(23)24-16-15-18(2)3)14-12-10-8-6-7-9-11-13-19(4)22/h18,20H,5-17H2,1-4H3. The van der Waals surface area contributed by atoms with Gasteiger partial charge in [-0.3, -0.25) is 4.79 Å². The van der Waals surface area contributed by atoms with Crippen LogP contribution in [0.15, 0.2) is 0 Å². The quantitative estimate of drug-likeness (QED) is 0.252. The summed E-state index contributed by atoms with van der Waals surface area (Å²) >= 11 is 0. The highest BCUT2D eigenvalue weighted by Crippen LogP contribution is 2.19. The molecule has 24 heavy (non-hydrogen) atoms. The topological polar surface area (TPSA) is 43.4 Å². The van der Waals surface area contributed by atoms with E-state index in [9.17, 15) is 9.59 Å². The van der Waals surface area contributed by atoms with Gasteiger partial charge in [0.15, 0.2) is 0 Å². The van der Waals surface area contributed by atoms with E-state index in [2.05, 4.69) is 20.8 Å². The molecule has 1 unspecified atom stereocenters. The van der Waals surface area contributed by atoms with E-state index < -0.39 is 0 Å². The summed E-state index contributed by atoms with van der Waals surface area (Å²) in [5.74, 6) is 1.35. The van der Waals surface area contributed by atoms with Crippen LogP contribution in [0.2, 0.25) is 0 Å². The molecule has 0 aromatic rings. The molecule has 0 saturated carbocycles. The van der Waals surface area contributed by atoms with Crippen LogP contribution in [-0.4, -0.2) is 18.4 Å². The number of hydrogen-bond acceptors (Lipinski definition) is 3. The van der Waals surface area contributed by atoms with E-state index in [1.54, 1.807) is 6.92 Å². The monoisotopic (exact) mass is 340 g/mol. The molecule has 0 aliphatic rings. The van der Waals surface area contributed by atoms with Gasteiger partial charge < -0.3 is 9.53 Å². The minimum Gasteiger partial charge on any atom is -0.466 e. The lowest BCUT2D eigenvalue weighted by molar-refractivity contribution is -0.145. The number of Topliss-reactive ketones (excluding diaryl/α,β-unsaturated/α-hetero) is 1. The first kappa shape index (κ1) is 23.1. The molecule has 3 nitrogen and oxygen atoms in total. The van der Waals surface area contributed by atoms with Crippen molar-refractivity contribution in [1.82, 2.24) is 0 Å². The fraction of sp³-hybridized carbons (Fsp3) is 0.905. The van der Waals surface area contributed by atoms with E-state index in [0.29, 0.717) is 30.6 Å². The Morgan fingerprint density at radius 2 is 1.46 bits per heavy atom. The third-order valence-corrected chi connectivity index (χ3v) is 4.63. The number of ether oxygens (including phenoxy) is 1. The molecule has 0 spiro atoms. The van der Waals surface area contributed by atoms with Gasteiger partial charge in [0.25, 0.3) is 0 Å². The molecule has 0 amide bonds. The Labute approximate surface area is 149 Å². The molecular weight excluding hydrogens is 300 g/mol. The van der Waals surface area contributed by atoms with Crippen LogP contribution in [0.5, 0.6) is 0 Å². The molecule has 0 aliphatic carbocycles. The van der Waals surface area contributed by atoms with Crippen molar-refractivity contribution in [3.8, 4) is 0 Å². The average Bonchev–Trinajstić information content (AvgIpc) is 2.51. The van der Waals surface area contributed by atoms with Gasteiger partial charge in [-0.15, -0.1) is 0 Å². The molecule has 0 bridgehead atoms. The van der Waals surface area contributed by atoms with Gasteiger partial charge in [-0.05, 0) is 38.0 Å². The largest absolute Gasteiger partial charge is 0.466 e. The Balaban J connectivity index is 3.54. The molecular formula is C21H40O3. The second-order valence-electron chi connectivity index (χ2n) is 7.60. The normalized spacial score (nSPS) is 12.4. The third-order valence-electron chi connectivity index (χ3n) is 4.63. The van der Waals surface area contributed by atoms with Crippen molar-refractivity contribution < 1.29 is 14.3 Å². The Hall–Kier alpha value is -0.860. The van der Waals surface area contributed by atoms with Crippen molar-refractivity contribution in [1.29, 1.82) is 0 Å². The molecule has 0 saturated heterocycles. The van der Waals surface area contributed by atoms with E-state index in [1.165, 1.54) is 38.5 Å². The SMILES string of the molecule is CCC(CCCCCCCCCC(C)=O)CC(=O)OCCC(C)C. The van der Waals surface area contributed by atoms with Gasteiger partial charge in [-0.25, -0.2) is 0 Å². The fourth-order valence-electron chi connectivity index (χ4n) is 2.84. The Morgan fingerprint density at radius 3 is 2.00 bits per heavy atom. The summed E-state index contributed by atoms with van der Waals surface area (Å²) in [6.07, 6.45) is 13.0. The lowest BCUT2D eigenvalue weighted by atomic mass is 9.95. The number of hydrogen-bond donors (Lipinski definition) is 0. The first-order valence-electron chi connectivity index (χ1n) is 10.1. The molecule has 0 aliphatic heterocycles. The Kier molecular flexibility index (Phi) is 15.1. The number of esters is 1. The molecule has 0 rings (SSSR count). The zero-order valence-corrected chi connectivity index (χ0v) is 16.6. The fourth-order valence-corrected chi connectivity index (χ4v) is 2.84. The molecule has 0 aromatic carbocycles. The number of unbranched alkanes of at least 4 members (excludes halogenated alkanes) is 6. The lowest BCUT2D eigenvalue weighted by Crippen LogP contribution is -2.13. The third kappa shape index (κ3) is 16.0. The van der Waals surface area contributed by atoms with Crippen LogP contribution in [0.4, 0.5) is 0 Å². The summed E-state index contributed by atoms with van der Waals surface area (Å²) in [5.41, 5.74) is 0. The van der Waals surface area contributed by atoms with Crippen molar-refractivity contribution in [2.75, 3.05) is 6.61 Å². The number of carbonyl (C=O) groups is 2. The maximum atomic E-state index is 11.8. The van der Waals surface area contributed by atoms with Gasteiger partial charge in [-0.2, -0.15) is 0 Å². The van der Waals surface area contributed by atoms with Crippen molar-refractivity contribution in [2.24, 2.45) is 11.8 Å². The van der Waals surface area contributed by atoms with Crippen molar-refractivity contribution in [2.45, 2.75) is 105 Å². The minimum absolute atomic E-state index is 0.0204. The van der Waals surface area contributed by atoms with E-state index in [4.69, 9.17) is 4.74 Å². The van der Waals surface area contributed by atoms with Crippen LogP contribution >= 0.6 is 0 Å². The summed E-state index contributed by atoms with van der Waals surface area (Å²) in [7, 11) is 0. The Bertz CT molecular complexity index is 323. The first-order valence-corrected chi connectivity index (χ1v) is 10.1. The van der Waals surface area contributed by atoms with E-state index in [1.807, 2.05) is 0 Å². The van der Waals surface area contributed by atoms with Crippen molar-refractivity contribution >= 4 is 11.8 Å². The van der Waals surface area contributed by atoms with E-state index in [0.717, 1.165) is 32.1 Å². The van der Waals surface area contributed by atoms with E-state index >= 15 is 0 Å². The predicted molar refractivity (Wildman–Crippen MR) is 101 cm³/mol. The molecule has 0 aromatic heterocycles. The summed E-state index contributed by atoms with van der Waals surface area (Å²) < 4.78 is 5.32. The second kappa shape index (κ2) is 15.7. The van der Waals surface area contributed by atoms with Crippen molar-refractivity contribution in [3.63, 3.8) is 0 Å². The zero-order chi connectivity index (χ0) is 18.2. The highest BCUT2D eigenvalue weighted by Gasteiger charge is 2.13. The summed E-state index contributed by atoms with van der Waals surface area (Å²) in [4.78, 5) is 22.7. The van der Waals surface area contributed by atoms with Crippen LogP contribution in [0.25, 0.3) is 0 Å². The molecule has 1 atom stereocenters. The molecule has 142 valence electrons. The minimum atomic E-state index is -0.0204. The highest BCUT2D eigenvalue weighted by molar-refractivity contribution is 5.75.